The van der Waals surface area contributed by atoms with Gasteiger partial charge in [-0.2, -0.15) is 0 Å². The molecule has 0 amide bonds. The molecule has 10 heavy (non-hydrogen) atoms. The maximum Gasteiger partial charge on any atom is 0.338 e. The number of carbonyl (C=O) groups excluding carboxylic acids is 1. The molecule has 0 aliphatic heterocycles. The summed E-state index contributed by atoms with van der Waals surface area (Å²) in [5.41, 5.74) is 0. The van der Waals surface area contributed by atoms with Gasteiger partial charge in [0.05, 0.1) is 7.11 Å². The average molecular weight is 144 g/mol. The third kappa shape index (κ3) is 3.25. The predicted molar refractivity (Wildman–Crippen MR) is 37.5 cm³/mol. The molecule has 0 aromatic heterocycles. The number of rotatable bonds is 3. The first-order valence-corrected chi connectivity index (χ1v) is 3.15. The molecule has 0 unspecified atom stereocenters. The summed E-state index contributed by atoms with van der Waals surface area (Å²) in [7, 11) is 1.24. The van der Waals surface area contributed by atoms with Gasteiger partial charge in [0, 0.05) is 0 Å². The van der Waals surface area contributed by atoms with Crippen molar-refractivity contribution < 1.29 is 14.6 Å². The highest BCUT2D eigenvalue weighted by atomic mass is 16.5. The summed E-state index contributed by atoms with van der Waals surface area (Å²) in [5.74, 6) is -0.621. The van der Waals surface area contributed by atoms with Crippen molar-refractivity contribution in [2.45, 2.75) is 19.4 Å². The summed E-state index contributed by atoms with van der Waals surface area (Å²) in [6.07, 6.45) is 2.81. The molecule has 0 aromatic rings. The van der Waals surface area contributed by atoms with Crippen LogP contribution in [0.25, 0.3) is 0 Å². The number of ether oxygens (including phenoxy) is 1. The van der Waals surface area contributed by atoms with Crippen molar-refractivity contribution in [3.8, 4) is 0 Å². The SMILES string of the molecule is CC/C=C/[C@@H](O)C(=O)OC. The van der Waals surface area contributed by atoms with E-state index in [4.69, 9.17) is 5.11 Å². The molecule has 0 spiro atoms. The van der Waals surface area contributed by atoms with E-state index in [1.807, 2.05) is 6.92 Å². The molecule has 0 radical (unpaired) electrons. The zero-order valence-corrected chi connectivity index (χ0v) is 6.20. The molecule has 0 aliphatic rings. The molecule has 1 atom stereocenters. The quantitative estimate of drug-likeness (QED) is 0.463. The fourth-order valence-corrected chi connectivity index (χ4v) is 0.464. The van der Waals surface area contributed by atoms with Crippen molar-refractivity contribution in [1.82, 2.24) is 0 Å². The van der Waals surface area contributed by atoms with E-state index in [1.165, 1.54) is 13.2 Å². The maximum absolute atomic E-state index is 10.5. The Morgan fingerprint density at radius 1 is 1.80 bits per heavy atom. The van der Waals surface area contributed by atoms with Crippen molar-refractivity contribution in [3.63, 3.8) is 0 Å². The van der Waals surface area contributed by atoms with Crippen LogP contribution >= 0.6 is 0 Å². The summed E-state index contributed by atoms with van der Waals surface area (Å²) >= 11 is 0. The van der Waals surface area contributed by atoms with E-state index in [2.05, 4.69) is 4.74 Å². The van der Waals surface area contributed by atoms with Gasteiger partial charge in [-0.3, -0.25) is 0 Å². The van der Waals surface area contributed by atoms with Gasteiger partial charge in [-0.05, 0) is 12.5 Å². The maximum atomic E-state index is 10.5. The number of hydrogen-bond acceptors (Lipinski definition) is 3. The summed E-state index contributed by atoms with van der Waals surface area (Å²) in [5, 5.41) is 8.89. The normalized spacial score (nSPS) is 13.5. The van der Waals surface area contributed by atoms with Crippen molar-refractivity contribution in [2.24, 2.45) is 0 Å². The van der Waals surface area contributed by atoms with Gasteiger partial charge < -0.3 is 9.84 Å². The number of allylic oxidation sites excluding steroid dienone is 1. The zero-order chi connectivity index (χ0) is 7.98. The Morgan fingerprint density at radius 2 is 2.40 bits per heavy atom. The van der Waals surface area contributed by atoms with Crippen LogP contribution in [0.3, 0.4) is 0 Å². The molecule has 3 nitrogen and oxygen atoms in total. The molecule has 1 N–H and O–H groups in total. The van der Waals surface area contributed by atoms with Crippen molar-refractivity contribution in [1.29, 1.82) is 0 Å². The molecule has 58 valence electrons. The third-order valence-electron chi connectivity index (χ3n) is 0.997. The lowest BCUT2D eigenvalue weighted by Gasteiger charge is -2.00. The lowest BCUT2D eigenvalue weighted by molar-refractivity contribution is -0.147. The largest absolute Gasteiger partial charge is 0.467 e. The molecule has 0 bridgehead atoms. The number of carbonyl (C=O) groups is 1. The fourth-order valence-electron chi connectivity index (χ4n) is 0.464. The molecule has 0 heterocycles. The van der Waals surface area contributed by atoms with Gasteiger partial charge in [-0.15, -0.1) is 0 Å². The lowest BCUT2D eigenvalue weighted by atomic mass is 10.3. The van der Waals surface area contributed by atoms with Gasteiger partial charge >= 0.3 is 5.97 Å². The highest BCUT2D eigenvalue weighted by molar-refractivity contribution is 5.76. The van der Waals surface area contributed by atoms with Crippen molar-refractivity contribution >= 4 is 5.97 Å². The Bertz CT molecular complexity index is 129. The Kier molecular flexibility index (Phi) is 4.58. The summed E-state index contributed by atoms with van der Waals surface area (Å²) < 4.78 is 4.27. The van der Waals surface area contributed by atoms with E-state index in [0.29, 0.717) is 0 Å². The molecular weight excluding hydrogens is 132 g/mol. The van der Waals surface area contributed by atoms with Crippen LogP contribution in [-0.4, -0.2) is 24.3 Å². The van der Waals surface area contributed by atoms with Crippen LogP contribution in [-0.2, 0) is 9.53 Å². The van der Waals surface area contributed by atoms with Gasteiger partial charge in [0.1, 0.15) is 0 Å². The second kappa shape index (κ2) is 4.99. The van der Waals surface area contributed by atoms with Gasteiger partial charge in [0.15, 0.2) is 6.10 Å². The second-order valence-corrected chi connectivity index (χ2v) is 1.80. The first-order valence-electron chi connectivity index (χ1n) is 3.15. The predicted octanol–water partition coefficient (Wildman–Crippen LogP) is 0.486. The Morgan fingerprint density at radius 3 is 2.80 bits per heavy atom. The fraction of sp³-hybridized carbons (Fsp3) is 0.571. The monoisotopic (exact) mass is 144 g/mol. The third-order valence-corrected chi connectivity index (χ3v) is 0.997. The minimum atomic E-state index is -1.11. The van der Waals surface area contributed by atoms with Crippen LogP contribution in [0, 0.1) is 0 Å². The van der Waals surface area contributed by atoms with Gasteiger partial charge in [0.2, 0.25) is 0 Å². The number of methoxy groups -OCH3 is 1. The van der Waals surface area contributed by atoms with E-state index in [1.54, 1.807) is 6.08 Å². The molecule has 0 aliphatic carbocycles. The van der Waals surface area contributed by atoms with E-state index in [9.17, 15) is 4.79 Å². The number of esters is 1. The minimum absolute atomic E-state index is 0.621. The topological polar surface area (TPSA) is 46.5 Å². The average Bonchev–Trinajstić information content (AvgIpc) is 1.98. The van der Waals surface area contributed by atoms with Gasteiger partial charge in [-0.25, -0.2) is 4.79 Å². The first-order chi connectivity index (χ1) is 4.72. The molecule has 3 heteroatoms. The zero-order valence-electron chi connectivity index (χ0n) is 6.20. The van der Waals surface area contributed by atoms with Crippen LogP contribution in [0.15, 0.2) is 12.2 Å². The number of aliphatic hydroxyl groups is 1. The Balaban J connectivity index is 3.72. The highest BCUT2D eigenvalue weighted by Crippen LogP contribution is 1.90. The van der Waals surface area contributed by atoms with Crippen molar-refractivity contribution in [3.05, 3.63) is 12.2 Å². The standard InChI is InChI=1S/C7H12O3/c1-3-4-5-6(8)7(9)10-2/h4-6,8H,3H2,1-2H3/b5-4+/t6-/m1/s1. The smallest absolute Gasteiger partial charge is 0.338 e. The second-order valence-electron chi connectivity index (χ2n) is 1.80. The van der Waals surface area contributed by atoms with E-state index >= 15 is 0 Å². The summed E-state index contributed by atoms with van der Waals surface area (Å²) in [6, 6.07) is 0. The molecular formula is C7H12O3. The molecule has 0 rings (SSSR count). The Labute approximate surface area is 60.3 Å². The molecule has 0 fully saturated rings. The number of aliphatic hydroxyl groups excluding tert-OH is 1. The van der Waals surface area contributed by atoms with E-state index in [-0.39, 0.29) is 0 Å². The van der Waals surface area contributed by atoms with Crippen molar-refractivity contribution in [2.75, 3.05) is 7.11 Å². The van der Waals surface area contributed by atoms with Gasteiger partial charge in [-0.1, -0.05) is 13.0 Å². The van der Waals surface area contributed by atoms with Crippen LogP contribution in [0.5, 0.6) is 0 Å². The number of hydrogen-bond donors (Lipinski definition) is 1. The molecule has 0 saturated carbocycles. The minimum Gasteiger partial charge on any atom is -0.467 e. The molecule has 0 aromatic carbocycles. The van der Waals surface area contributed by atoms with Crippen LogP contribution in [0.1, 0.15) is 13.3 Å². The summed E-state index contributed by atoms with van der Waals surface area (Å²) in [4.78, 5) is 10.5. The lowest BCUT2D eigenvalue weighted by Crippen LogP contribution is -2.18. The first kappa shape index (κ1) is 9.17. The van der Waals surface area contributed by atoms with E-state index < -0.39 is 12.1 Å². The van der Waals surface area contributed by atoms with E-state index in [0.717, 1.165) is 6.42 Å². The van der Waals surface area contributed by atoms with Gasteiger partial charge in [0.25, 0.3) is 0 Å². The highest BCUT2D eigenvalue weighted by Gasteiger charge is 2.09. The van der Waals surface area contributed by atoms with Crippen LogP contribution in [0.2, 0.25) is 0 Å². The Hall–Kier alpha value is -0.830. The molecule has 0 saturated heterocycles. The van der Waals surface area contributed by atoms with Crippen LogP contribution < -0.4 is 0 Å². The summed E-state index contributed by atoms with van der Waals surface area (Å²) in [6.45, 7) is 1.92. The van der Waals surface area contributed by atoms with Crippen LogP contribution in [0.4, 0.5) is 0 Å².